The number of hydrogen-bond donors (Lipinski definition) is 2. The number of benzene rings is 2. The lowest BCUT2D eigenvalue weighted by Gasteiger charge is -2.15. The lowest BCUT2D eigenvalue weighted by atomic mass is 10.1. The monoisotopic (exact) mass is 466 g/mol. The van der Waals surface area contributed by atoms with Crippen molar-refractivity contribution in [3.8, 4) is 0 Å². The van der Waals surface area contributed by atoms with E-state index < -0.39 is 0 Å². The molecule has 0 bridgehead atoms. The van der Waals surface area contributed by atoms with Crippen molar-refractivity contribution in [3.63, 3.8) is 0 Å². The van der Waals surface area contributed by atoms with Crippen LogP contribution < -0.4 is 10.6 Å². The molecule has 0 heterocycles. The summed E-state index contributed by atoms with van der Waals surface area (Å²) in [6.45, 7) is 6.13. The van der Waals surface area contributed by atoms with Crippen molar-refractivity contribution in [2.24, 2.45) is 0 Å². The first-order valence-electron chi connectivity index (χ1n) is 7.89. The molecule has 0 aliphatic heterocycles. The Hall–Kier alpha value is -1.66. The Morgan fingerprint density at radius 2 is 1.40 bits per heavy atom. The van der Waals surface area contributed by atoms with Gasteiger partial charge in [-0.1, -0.05) is 44.0 Å². The molecule has 0 saturated carbocycles. The fourth-order valence-corrected chi connectivity index (χ4v) is 2.93. The van der Waals surface area contributed by atoms with Gasteiger partial charge in [-0.2, -0.15) is 0 Å². The van der Waals surface area contributed by atoms with E-state index in [1.54, 1.807) is 24.3 Å². The fourth-order valence-electron chi connectivity index (χ4n) is 2.17. The Morgan fingerprint density at radius 3 is 1.88 bits per heavy atom. The standard InChI is InChI=1S/C19H20Br2N2O2/c1-11-4-6-14(8-16(11)20)18(24)22-10-13(3)23-19(25)15-7-5-12(2)17(21)9-15/h4-9,13H,10H2,1-3H3,(H,22,24)(H,23,25)/t13-/m0/s1. The minimum Gasteiger partial charge on any atom is -0.350 e. The summed E-state index contributed by atoms with van der Waals surface area (Å²) in [4.78, 5) is 24.5. The summed E-state index contributed by atoms with van der Waals surface area (Å²) in [5.74, 6) is -0.333. The van der Waals surface area contributed by atoms with E-state index in [1.807, 2.05) is 32.9 Å². The van der Waals surface area contributed by atoms with Gasteiger partial charge in [0.2, 0.25) is 0 Å². The van der Waals surface area contributed by atoms with Crippen LogP contribution in [0.5, 0.6) is 0 Å². The molecule has 0 spiro atoms. The number of amides is 2. The number of halogens is 2. The van der Waals surface area contributed by atoms with Crippen LogP contribution in [0.25, 0.3) is 0 Å². The van der Waals surface area contributed by atoms with Crippen LogP contribution in [0.15, 0.2) is 45.3 Å². The van der Waals surface area contributed by atoms with Crippen molar-refractivity contribution in [2.45, 2.75) is 26.8 Å². The second-order valence-electron chi connectivity index (χ2n) is 6.01. The van der Waals surface area contributed by atoms with Gasteiger partial charge in [0.05, 0.1) is 0 Å². The zero-order valence-electron chi connectivity index (χ0n) is 14.3. The van der Waals surface area contributed by atoms with Gasteiger partial charge in [0.25, 0.3) is 11.8 Å². The maximum Gasteiger partial charge on any atom is 0.251 e. The number of aryl methyl sites for hydroxylation is 2. The summed E-state index contributed by atoms with van der Waals surface area (Å²) >= 11 is 6.85. The third kappa shape index (κ3) is 5.41. The molecule has 0 unspecified atom stereocenters. The molecule has 132 valence electrons. The van der Waals surface area contributed by atoms with Crippen LogP contribution in [0.3, 0.4) is 0 Å². The second-order valence-corrected chi connectivity index (χ2v) is 7.72. The molecule has 2 aromatic carbocycles. The average molecular weight is 468 g/mol. The average Bonchev–Trinajstić information content (AvgIpc) is 2.57. The molecule has 2 aromatic rings. The van der Waals surface area contributed by atoms with E-state index in [1.165, 1.54) is 0 Å². The van der Waals surface area contributed by atoms with Gasteiger partial charge in [-0.05, 0) is 56.2 Å². The summed E-state index contributed by atoms with van der Waals surface area (Å²) < 4.78 is 1.79. The molecule has 0 fully saturated rings. The first kappa shape index (κ1) is 19.7. The lowest BCUT2D eigenvalue weighted by molar-refractivity contribution is 0.0912. The number of hydrogen-bond acceptors (Lipinski definition) is 2. The molecule has 2 amide bonds. The van der Waals surface area contributed by atoms with Crippen LogP contribution in [0, 0.1) is 13.8 Å². The van der Waals surface area contributed by atoms with Crippen molar-refractivity contribution in [1.29, 1.82) is 0 Å². The Labute approximate surface area is 164 Å². The van der Waals surface area contributed by atoms with E-state index in [9.17, 15) is 9.59 Å². The predicted molar refractivity (Wildman–Crippen MR) is 107 cm³/mol. The first-order chi connectivity index (χ1) is 11.8. The van der Waals surface area contributed by atoms with Crippen molar-refractivity contribution < 1.29 is 9.59 Å². The minimum atomic E-state index is -0.189. The SMILES string of the molecule is Cc1ccc(C(=O)NC[C@H](C)NC(=O)c2ccc(C)c(Br)c2)cc1Br. The summed E-state index contributed by atoms with van der Waals surface area (Å²) in [7, 11) is 0. The van der Waals surface area contributed by atoms with Gasteiger partial charge in [-0.15, -0.1) is 0 Å². The quantitative estimate of drug-likeness (QED) is 0.685. The predicted octanol–water partition coefficient (Wildman–Crippen LogP) is 4.38. The molecule has 6 heteroatoms. The molecule has 0 aliphatic rings. The van der Waals surface area contributed by atoms with Gasteiger partial charge in [0.1, 0.15) is 0 Å². The maximum atomic E-state index is 12.3. The van der Waals surface area contributed by atoms with Crippen molar-refractivity contribution in [2.75, 3.05) is 6.54 Å². The maximum absolute atomic E-state index is 12.3. The number of rotatable bonds is 5. The highest BCUT2D eigenvalue weighted by Crippen LogP contribution is 2.18. The molecular weight excluding hydrogens is 448 g/mol. The van der Waals surface area contributed by atoms with Crippen LogP contribution in [0.1, 0.15) is 38.8 Å². The van der Waals surface area contributed by atoms with Crippen molar-refractivity contribution in [3.05, 3.63) is 67.6 Å². The van der Waals surface area contributed by atoms with E-state index in [4.69, 9.17) is 0 Å². The normalized spacial score (nSPS) is 11.7. The third-order valence-electron chi connectivity index (χ3n) is 3.81. The molecule has 0 saturated heterocycles. The van der Waals surface area contributed by atoms with E-state index in [-0.39, 0.29) is 17.9 Å². The highest BCUT2D eigenvalue weighted by atomic mass is 79.9. The summed E-state index contributed by atoms with van der Waals surface area (Å²) in [6.07, 6.45) is 0. The van der Waals surface area contributed by atoms with Gasteiger partial charge in [0, 0.05) is 32.7 Å². The van der Waals surface area contributed by atoms with Crippen LogP contribution >= 0.6 is 31.9 Å². The van der Waals surface area contributed by atoms with Crippen molar-refractivity contribution in [1.82, 2.24) is 10.6 Å². The molecule has 2 N–H and O–H groups in total. The molecule has 0 aliphatic carbocycles. The Kier molecular flexibility index (Phi) is 6.79. The van der Waals surface area contributed by atoms with E-state index in [0.29, 0.717) is 17.7 Å². The number of carbonyl (C=O) groups excluding carboxylic acids is 2. The molecule has 25 heavy (non-hydrogen) atoms. The fraction of sp³-hybridized carbons (Fsp3) is 0.263. The van der Waals surface area contributed by atoms with Gasteiger partial charge >= 0.3 is 0 Å². The Bertz CT molecular complexity index is 806. The Morgan fingerprint density at radius 1 is 0.920 bits per heavy atom. The van der Waals surface area contributed by atoms with Crippen LogP contribution in [-0.2, 0) is 0 Å². The number of nitrogens with one attached hydrogen (secondary N) is 2. The summed E-state index contributed by atoms with van der Waals surface area (Å²) in [5, 5.41) is 5.73. The van der Waals surface area contributed by atoms with Gasteiger partial charge in [0.15, 0.2) is 0 Å². The molecular formula is C19H20Br2N2O2. The molecule has 0 aromatic heterocycles. The number of carbonyl (C=O) groups is 2. The third-order valence-corrected chi connectivity index (χ3v) is 5.52. The molecule has 2 rings (SSSR count). The Balaban J connectivity index is 1.90. The molecule has 1 atom stereocenters. The van der Waals surface area contributed by atoms with Gasteiger partial charge < -0.3 is 10.6 Å². The topological polar surface area (TPSA) is 58.2 Å². The minimum absolute atomic E-state index is 0.166. The second kappa shape index (κ2) is 8.63. The van der Waals surface area contributed by atoms with Crippen LogP contribution in [0.4, 0.5) is 0 Å². The van der Waals surface area contributed by atoms with E-state index in [2.05, 4.69) is 42.5 Å². The van der Waals surface area contributed by atoms with Gasteiger partial charge in [-0.3, -0.25) is 9.59 Å². The molecule has 0 radical (unpaired) electrons. The van der Waals surface area contributed by atoms with Crippen LogP contribution in [0.2, 0.25) is 0 Å². The van der Waals surface area contributed by atoms with Crippen LogP contribution in [-0.4, -0.2) is 24.4 Å². The lowest BCUT2D eigenvalue weighted by Crippen LogP contribution is -2.41. The highest BCUT2D eigenvalue weighted by molar-refractivity contribution is 9.10. The van der Waals surface area contributed by atoms with E-state index in [0.717, 1.165) is 20.1 Å². The summed E-state index contributed by atoms with van der Waals surface area (Å²) in [5.41, 5.74) is 3.30. The molecule has 4 nitrogen and oxygen atoms in total. The zero-order valence-corrected chi connectivity index (χ0v) is 17.5. The zero-order chi connectivity index (χ0) is 18.6. The smallest absolute Gasteiger partial charge is 0.251 e. The van der Waals surface area contributed by atoms with Crippen molar-refractivity contribution >= 4 is 43.7 Å². The highest BCUT2D eigenvalue weighted by Gasteiger charge is 2.13. The van der Waals surface area contributed by atoms with E-state index >= 15 is 0 Å². The largest absolute Gasteiger partial charge is 0.350 e. The summed E-state index contributed by atoms with van der Waals surface area (Å²) in [6, 6.07) is 10.7. The van der Waals surface area contributed by atoms with Gasteiger partial charge in [-0.25, -0.2) is 0 Å². The first-order valence-corrected chi connectivity index (χ1v) is 9.48.